The second kappa shape index (κ2) is 9.23. The Morgan fingerprint density at radius 3 is 2.16 bits per heavy atom. The highest BCUT2D eigenvalue weighted by atomic mass is 16.2. The molecular weight excluding hydrogens is 310 g/mol. The summed E-state index contributed by atoms with van der Waals surface area (Å²) in [5.41, 5.74) is 2.56. The Morgan fingerprint density at radius 1 is 1.04 bits per heavy atom. The third kappa shape index (κ3) is 6.35. The predicted octanol–water partition coefficient (Wildman–Crippen LogP) is 3.26. The number of amides is 1. The van der Waals surface area contributed by atoms with Crippen LogP contribution in [0.2, 0.25) is 0 Å². The van der Waals surface area contributed by atoms with E-state index in [1.54, 1.807) is 0 Å². The fourth-order valence-electron chi connectivity index (χ4n) is 3.57. The lowest BCUT2D eigenvalue weighted by atomic mass is 10.1. The number of rotatable bonds is 7. The van der Waals surface area contributed by atoms with Crippen molar-refractivity contribution in [2.45, 2.75) is 34.6 Å². The Bertz CT molecular complexity index is 538. The molecule has 25 heavy (non-hydrogen) atoms. The van der Waals surface area contributed by atoms with Crippen molar-refractivity contribution in [1.29, 1.82) is 0 Å². The molecule has 0 saturated carbocycles. The van der Waals surface area contributed by atoms with Crippen molar-refractivity contribution in [3.05, 3.63) is 29.8 Å². The van der Waals surface area contributed by atoms with E-state index >= 15 is 0 Å². The molecule has 1 aromatic carbocycles. The highest BCUT2D eigenvalue weighted by molar-refractivity contribution is 5.78. The van der Waals surface area contributed by atoms with E-state index in [2.05, 4.69) is 68.7 Å². The number of carbonyl (C=O) groups excluding carboxylic acids is 1. The lowest BCUT2D eigenvalue weighted by Gasteiger charge is -2.37. The lowest BCUT2D eigenvalue weighted by Crippen LogP contribution is -2.51. The van der Waals surface area contributed by atoms with Crippen LogP contribution in [0.3, 0.4) is 0 Å². The lowest BCUT2D eigenvalue weighted by molar-refractivity contribution is -0.133. The minimum absolute atomic E-state index is 0.283. The number of piperazine rings is 1. The van der Waals surface area contributed by atoms with Crippen molar-refractivity contribution in [3.63, 3.8) is 0 Å². The van der Waals surface area contributed by atoms with Gasteiger partial charge < -0.3 is 9.80 Å². The summed E-state index contributed by atoms with van der Waals surface area (Å²) in [6.07, 6.45) is 0. The minimum Gasteiger partial charge on any atom is -0.368 e. The van der Waals surface area contributed by atoms with Crippen molar-refractivity contribution in [2.24, 2.45) is 11.8 Å². The minimum atomic E-state index is 0.283. The molecule has 0 radical (unpaired) electrons. The van der Waals surface area contributed by atoms with Gasteiger partial charge in [-0.2, -0.15) is 0 Å². The van der Waals surface area contributed by atoms with Gasteiger partial charge in [0.15, 0.2) is 0 Å². The zero-order valence-electron chi connectivity index (χ0n) is 16.7. The van der Waals surface area contributed by atoms with Crippen molar-refractivity contribution >= 4 is 11.6 Å². The Balaban J connectivity index is 1.87. The summed E-state index contributed by atoms with van der Waals surface area (Å²) in [4.78, 5) is 19.5. The first kappa shape index (κ1) is 19.8. The first-order chi connectivity index (χ1) is 11.8. The molecule has 0 unspecified atom stereocenters. The summed E-state index contributed by atoms with van der Waals surface area (Å²) in [6, 6.07) is 8.63. The average molecular weight is 346 g/mol. The van der Waals surface area contributed by atoms with Crippen LogP contribution in [0, 0.1) is 18.8 Å². The number of nitrogens with zero attached hydrogens (tertiary/aromatic N) is 3. The molecule has 1 aliphatic heterocycles. The second-order valence-electron chi connectivity index (χ2n) is 8.19. The van der Waals surface area contributed by atoms with Gasteiger partial charge in [-0.3, -0.25) is 9.69 Å². The van der Waals surface area contributed by atoms with Crippen LogP contribution in [0.4, 0.5) is 5.69 Å². The number of benzene rings is 1. The molecule has 4 heteroatoms. The van der Waals surface area contributed by atoms with E-state index in [0.717, 1.165) is 39.3 Å². The van der Waals surface area contributed by atoms with E-state index in [4.69, 9.17) is 0 Å². The second-order valence-corrected chi connectivity index (χ2v) is 8.19. The van der Waals surface area contributed by atoms with E-state index in [9.17, 15) is 4.79 Å². The van der Waals surface area contributed by atoms with Crippen LogP contribution in [0.25, 0.3) is 0 Å². The van der Waals surface area contributed by atoms with E-state index in [1.807, 2.05) is 4.90 Å². The quantitative estimate of drug-likeness (QED) is 0.759. The van der Waals surface area contributed by atoms with Crippen LogP contribution in [0.1, 0.15) is 33.3 Å². The fraction of sp³-hybridized carbons (Fsp3) is 0.667. The smallest absolute Gasteiger partial charge is 0.236 e. The zero-order valence-corrected chi connectivity index (χ0v) is 16.7. The normalized spacial score (nSPS) is 15.5. The molecule has 1 aromatic rings. The Morgan fingerprint density at radius 2 is 1.64 bits per heavy atom. The summed E-state index contributed by atoms with van der Waals surface area (Å²) in [7, 11) is 0. The van der Waals surface area contributed by atoms with E-state index in [-0.39, 0.29) is 5.91 Å². The maximum atomic E-state index is 12.7. The van der Waals surface area contributed by atoms with Gasteiger partial charge in [-0.25, -0.2) is 0 Å². The molecule has 1 aliphatic rings. The summed E-state index contributed by atoms with van der Waals surface area (Å²) < 4.78 is 0. The Hall–Kier alpha value is -1.55. The van der Waals surface area contributed by atoms with Crippen LogP contribution in [-0.4, -0.2) is 61.5 Å². The summed E-state index contributed by atoms with van der Waals surface area (Å²) >= 11 is 0. The molecule has 1 saturated heterocycles. The molecular formula is C21H35N3O. The van der Waals surface area contributed by atoms with Gasteiger partial charge in [-0.05, 0) is 36.5 Å². The van der Waals surface area contributed by atoms with Crippen LogP contribution in [-0.2, 0) is 4.79 Å². The summed E-state index contributed by atoms with van der Waals surface area (Å²) in [5.74, 6) is 1.46. The van der Waals surface area contributed by atoms with Crippen molar-refractivity contribution in [2.75, 3.05) is 50.7 Å². The molecule has 0 N–H and O–H groups in total. The van der Waals surface area contributed by atoms with Crippen LogP contribution in [0.5, 0.6) is 0 Å². The standard InChI is InChI=1S/C21H35N3O/c1-17(2)14-22(15-18(3)4)16-21(25)24-11-9-23(10-12-24)20-8-6-7-19(5)13-20/h6-8,13,17-18H,9-12,14-16H2,1-5H3. The topological polar surface area (TPSA) is 26.8 Å². The number of anilines is 1. The molecule has 1 heterocycles. The highest BCUT2D eigenvalue weighted by Crippen LogP contribution is 2.18. The molecule has 1 fully saturated rings. The first-order valence-corrected chi connectivity index (χ1v) is 9.67. The van der Waals surface area contributed by atoms with Crippen molar-refractivity contribution < 1.29 is 4.79 Å². The zero-order chi connectivity index (χ0) is 18.4. The largest absolute Gasteiger partial charge is 0.368 e. The molecule has 0 atom stereocenters. The van der Waals surface area contributed by atoms with Gasteiger partial charge in [0, 0.05) is 45.0 Å². The maximum Gasteiger partial charge on any atom is 0.236 e. The van der Waals surface area contributed by atoms with Gasteiger partial charge in [0.25, 0.3) is 0 Å². The first-order valence-electron chi connectivity index (χ1n) is 9.67. The number of aryl methyl sites for hydroxylation is 1. The van der Waals surface area contributed by atoms with Gasteiger partial charge in [-0.1, -0.05) is 39.8 Å². The molecule has 2 rings (SSSR count). The third-order valence-corrected chi connectivity index (χ3v) is 4.60. The Kier molecular flexibility index (Phi) is 7.30. The predicted molar refractivity (Wildman–Crippen MR) is 106 cm³/mol. The molecule has 4 nitrogen and oxygen atoms in total. The molecule has 0 spiro atoms. The van der Waals surface area contributed by atoms with Gasteiger partial charge in [0.05, 0.1) is 6.54 Å². The molecule has 140 valence electrons. The van der Waals surface area contributed by atoms with Gasteiger partial charge in [0.2, 0.25) is 5.91 Å². The molecule has 1 amide bonds. The SMILES string of the molecule is Cc1cccc(N2CCN(C(=O)CN(CC(C)C)CC(C)C)CC2)c1. The van der Waals surface area contributed by atoms with Crippen molar-refractivity contribution in [3.8, 4) is 0 Å². The van der Waals surface area contributed by atoms with Gasteiger partial charge in [0.1, 0.15) is 0 Å². The van der Waals surface area contributed by atoms with E-state index in [0.29, 0.717) is 18.4 Å². The average Bonchev–Trinajstić information content (AvgIpc) is 2.53. The number of carbonyl (C=O) groups is 1. The summed E-state index contributed by atoms with van der Waals surface area (Å²) in [6.45, 7) is 17.0. The van der Waals surface area contributed by atoms with Crippen LogP contribution < -0.4 is 4.90 Å². The van der Waals surface area contributed by atoms with E-state index < -0.39 is 0 Å². The monoisotopic (exact) mass is 345 g/mol. The Labute approximate surface area is 153 Å². The third-order valence-electron chi connectivity index (χ3n) is 4.60. The van der Waals surface area contributed by atoms with Crippen LogP contribution >= 0.6 is 0 Å². The number of hydrogen-bond acceptors (Lipinski definition) is 3. The van der Waals surface area contributed by atoms with Crippen LogP contribution in [0.15, 0.2) is 24.3 Å². The molecule has 0 aromatic heterocycles. The molecule has 0 bridgehead atoms. The fourth-order valence-corrected chi connectivity index (χ4v) is 3.57. The van der Waals surface area contributed by atoms with Gasteiger partial charge in [-0.15, -0.1) is 0 Å². The van der Waals surface area contributed by atoms with Gasteiger partial charge >= 0.3 is 0 Å². The molecule has 0 aliphatic carbocycles. The van der Waals surface area contributed by atoms with Crippen molar-refractivity contribution in [1.82, 2.24) is 9.80 Å². The highest BCUT2D eigenvalue weighted by Gasteiger charge is 2.23. The summed E-state index contributed by atoms with van der Waals surface area (Å²) in [5, 5.41) is 0. The number of hydrogen-bond donors (Lipinski definition) is 0. The van der Waals surface area contributed by atoms with E-state index in [1.165, 1.54) is 11.3 Å². The maximum absolute atomic E-state index is 12.7.